The minimum Gasteiger partial charge on any atom is -0.329 e. The van der Waals surface area contributed by atoms with Crippen molar-refractivity contribution in [1.82, 2.24) is 8.61 Å². The lowest BCUT2D eigenvalue weighted by Crippen LogP contribution is -2.59. The van der Waals surface area contributed by atoms with Gasteiger partial charge in [-0.3, -0.25) is 0 Å². The lowest BCUT2D eigenvalue weighted by molar-refractivity contribution is 0.172. The lowest BCUT2D eigenvalue weighted by Gasteiger charge is -2.42. The van der Waals surface area contributed by atoms with E-state index in [9.17, 15) is 8.42 Å². The first-order valence-electron chi connectivity index (χ1n) is 6.88. The molecule has 2 N–H and O–H groups in total. The molecule has 0 amide bonds. The van der Waals surface area contributed by atoms with Crippen molar-refractivity contribution in [2.24, 2.45) is 5.73 Å². The van der Waals surface area contributed by atoms with E-state index in [4.69, 9.17) is 5.73 Å². The van der Waals surface area contributed by atoms with Crippen molar-refractivity contribution in [2.75, 3.05) is 26.2 Å². The van der Waals surface area contributed by atoms with E-state index >= 15 is 0 Å². The topological polar surface area (TPSA) is 66.6 Å². The quantitative estimate of drug-likeness (QED) is 0.694. The number of nitrogens with zero attached hydrogens (tertiary/aromatic N) is 2. The van der Waals surface area contributed by atoms with Crippen LogP contribution in [0, 0.1) is 0 Å². The maximum Gasteiger partial charge on any atom is 0.282 e. The number of hydrogen-bond acceptors (Lipinski definition) is 3. The Hall–Kier alpha value is -0.170. The molecular weight excluding hydrogens is 250 g/mol. The van der Waals surface area contributed by atoms with E-state index in [1.807, 2.05) is 34.6 Å². The van der Waals surface area contributed by atoms with Crippen molar-refractivity contribution in [2.45, 2.75) is 53.0 Å². The summed E-state index contributed by atoms with van der Waals surface area (Å²) < 4.78 is 28.4. The summed E-state index contributed by atoms with van der Waals surface area (Å²) in [5.74, 6) is 0. The molecule has 18 heavy (non-hydrogen) atoms. The molecule has 0 spiro atoms. The molecule has 0 aromatic rings. The minimum atomic E-state index is -3.42. The summed E-state index contributed by atoms with van der Waals surface area (Å²) in [6, 6.07) is 0. The fraction of sp³-hybridized carbons (Fsp3) is 1.00. The average molecular weight is 279 g/mol. The Morgan fingerprint density at radius 2 is 1.39 bits per heavy atom. The SMILES string of the molecule is CCN(CC)S(=O)(=O)N(CC)C(CC)(CC)CN. The number of rotatable bonds is 9. The standard InChI is InChI=1S/C12H29N3O2S/c1-6-12(7-2,11-13)15(10-5)18(16,17)14(8-3)9-4/h6-11,13H2,1-5H3. The van der Waals surface area contributed by atoms with Gasteiger partial charge in [0, 0.05) is 31.7 Å². The molecule has 0 heterocycles. The van der Waals surface area contributed by atoms with E-state index in [1.165, 1.54) is 4.31 Å². The molecule has 0 fully saturated rings. The number of hydrogen-bond donors (Lipinski definition) is 1. The maximum atomic E-state index is 12.6. The Morgan fingerprint density at radius 3 is 1.61 bits per heavy atom. The van der Waals surface area contributed by atoms with Crippen LogP contribution in [0.25, 0.3) is 0 Å². The van der Waals surface area contributed by atoms with Crippen LogP contribution in [0.4, 0.5) is 0 Å². The predicted molar refractivity (Wildman–Crippen MR) is 76.6 cm³/mol. The molecule has 0 unspecified atom stereocenters. The van der Waals surface area contributed by atoms with Gasteiger partial charge < -0.3 is 5.73 Å². The first kappa shape index (κ1) is 17.8. The van der Waals surface area contributed by atoms with Crippen molar-refractivity contribution < 1.29 is 8.42 Å². The van der Waals surface area contributed by atoms with Gasteiger partial charge in [0.25, 0.3) is 10.2 Å². The molecule has 0 aliphatic carbocycles. The van der Waals surface area contributed by atoms with Gasteiger partial charge in [-0.2, -0.15) is 17.0 Å². The fourth-order valence-electron chi connectivity index (χ4n) is 2.43. The largest absolute Gasteiger partial charge is 0.329 e. The second-order valence-electron chi connectivity index (χ2n) is 4.39. The van der Waals surface area contributed by atoms with Crippen LogP contribution >= 0.6 is 0 Å². The van der Waals surface area contributed by atoms with Gasteiger partial charge >= 0.3 is 0 Å². The maximum absolute atomic E-state index is 12.6. The molecule has 0 aliphatic heterocycles. The van der Waals surface area contributed by atoms with E-state index in [0.29, 0.717) is 26.2 Å². The molecule has 5 nitrogen and oxygen atoms in total. The molecule has 0 saturated heterocycles. The fourth-order valence-corrected chi connectivity index (χ4v) is 4.51. The molecule has 0 bridgehead atoms. The third-order valence-corrected chi connectivity index (χ3v) is 6.19. The molecular formula is C12H29N3O2S. The molecule has 0 atom stereocenters. The second-order valence-corrected chi connectivity index (χ2v) is 6.25. The highest BCUT2D eigenvalue weighted by Gasteiger charge is 2.41. The van der Waals surface area contributed by atoms with Gasteiger partial charge in [-0.05, 0) is 12.8 Å². The average Bonchev–Trinajstić information content (AvgIpc) is 2.36. The Balaban J connectivity index is 5.55. The highest BCUT2D eigenvalue weighted by atomic mass is 32.2. The van der Waals surface area contributed by atoms with Crippen LogP contribution in [0.1, 0.15) is 47.5 Å². The van der Waals surface area contributed by atoms with Crippen LogP contribution < -0.4 is 5.73 Å². The zero-order valence-electron chi connectivity index (χ0n) is 12.4. The first-order chi connectivity index (χ1) is 8.39. The summed E-state index contributed by atoms with van der Waals surface area (Å²) in [5, 5.41) is 0. The smallest absolute Gasteiger partial charge is 0.282 e. The minimum absolute atomic E-state index is 0.355. The third-order valence-electron chi connectivity index (χ3n) is 3.82. The highest BCUT2D eigenvalue weighted by molar-refractivity contribution is 7.86. The lowest BCUT2D eigenvalue weighted by atomic mass is 9.93. The summed E-state index contributed by atoms with van der Waals surface area (Å²) in [4.78, 5) is 0. The molecule has 0 aromatic carbocycles. The Labute approximate surface area is 113 Å². The van der Waals surface area contributed by atoms with Crippen LogP contribution in [-0.2, 0) is 10.2 Å². The van der Waals surface area contributed by atoms with E-state index < -0.39 is 15.7 Å². The van der Waals surface area contributed by atoms with Crippen LogP contribution in [0.5, 0.6) is 0 Å². The first-order valence-corrected chi connectivity index (χ1v) is 8.27. The van der Waals surface area contributed by atoms with Crippen molar-refractivity contribution >= 4 is 10.2 Å². The zero-order valence-corrected chi connectivity index (χ0v) is 13.3. The summed E-state index contributed by atoms with van der Waals surface area (Å²) >= 11 is 0. The Kier molecular flexibility index (Phi) is 7.36. The van der Waals surface area contributed by atoms with Crippen LogP contribution in [-0.4, -0.2) is 48.7 Å². The van der Waals surface area contributed by atoms with Gasteiger partial charge in [-0.25, -0.2) is 0 Å². The Morgan fingerprint density at radius 1 is 0.944 bits per heavy atom. The molecule has 0 saturated carbocycles. The summed E-state index contributed by atoms with van der Waals surface area (Å²) in [6.07, 6.45) is 1.46. The van der Waals surface area contributed by atoms with E-state index in [1.54, 1.807) is 4.31 Å². The third kappa shape index (κ3) is 3.23. The van der Waals surface area contributed by atoms with Crippen molar-refractivity contribution in [3.8, 4) is 0 Å². The zero-order chi connectivity index (χ0) is 14.4. The van der Waals surface area contributed by atoms with E-state index in [2.05, 4.69) is 0 Å². The normalized spacial score (nSPS) is 13.6. The summed E-state index contributed by atoms with van der Waals surface area (Å²) in [7, 11) is -3.42. The monoisotopic (exact) mass is 279 g/mol. The van der Waals surface area contributed by atoms with Crippen molar-refractivity contribution in [1.29, 1.82) is 0 Å². The van der Waals surface area contributed by atoms with Gasteiger partial charge in [0.1, 0.15) is 0 Å². The Bertz CT molecular complexity index is 314. The van der Waals surface area contributed by atoms with Crippen LogP contribution in [0.15, 0.2) is 0 Å². The van der Waals surface area contributed by atoms with Crippen molar-refractivity contribution in [3.05, 3.63) is 0 Å². The van der Waals surface area contributed by atoms with Gasteiger partial charge in [0.15, 0.2) is 0 Å². The van der Waals surface area contributed by atoms with Crippen LogP contribution in [0.3, 0.4) is 0 Å². The molecule has 110 valence electrons. The second kappa shape index (κ2) is 7.43. The van der Waals surface area contributed by atoms with E-state index in [-0.39, 0.29) is 0 Å². The summed E-state index contributed by atoms with van der Waals surface area (Å²) in [5.41, 5.74) is 5.40. The van der Waals surface area contributed by atoms with E-state index in [0.717, 1.165) is 12.8 Å². The van der Waals surface area contributed by atoms with Crippen LogP contribution in [0.2, 0.25) is 0 Å². The molecule has 6 heteroatoms. The molecule has 0 aromatic heterocycles. The number of likely N-dealkylation sites (N-methyl/N-ethyl adjacent to an activating group) is 1. The molecule has 0 rings (SSSR count). The summed E-state index contributed by atoms with van der Waals surface area (Å²) in [6.45, 7) is 11.4. The van der Waals surface area contributed by atoms with Gasteiger partial charge in [-0.1, -0.05) is 34.6 Å². The van der Waals surface area contributed by atoms with Gasteiger partial charge in [0.2, 0.25) is 0 Å². The molecule has 0 aliphatic rings. The van der Waals surface area contributed by atoms with Crippen molar-refractivity contribution in [3.63, 3.8) is 0 Å². The highest BCUT2D eigenvalue weighted by Crippen LogP contribution is 2.27. The van der Waals surface area contributed by atoms with Gasteiger partial charge in [0.05, 0.1) is 0 Å². The van der Waals surface area contributed by atoms with Gasteiger partial charge in [-0.15, -0.1) is 0 Å². The number of nitrogens with two attached hydrogens (primary N) is 1. The molecule has 0 radical (unpaired) electrons. The predicted octanol–water partition coefficient (Wildman–Crippen LogP) is 1.41.